The number of aryl methyl sites for hydroxylation is 1. The van der Waals surface area contributed by atoms with Crippen molar-refractivity contribution in [2.24, 2.45) is 12.0 Å². The Balaban J connectivity index is 1.67. The molecule has 152 valence electrons. The van der Waals surface area contributed by atoms with Crippen LogP contribution in [-0.4, -0.2) is 34.9 Å². The Morgan fingerprint density at radius 1 is 1.21 bits per heavy atom. The van der Waals surface area contributed by atoms with Gasteiger partial charge in [-0.3, -0.25) is 4.79 Å². The molecule has 0 aliphatic heterocycles. The molecule has 0 aliphatic rings. The maximum Gasteiger partial charge on any atom is 0.291 e. The minimum absolute atomic E-state index is 0.272. The lowest BCUT2D eigenvalue weighted by Crippen LogP contribution is -2.38. The van der Waals surface area contributed by atoms with Gasteiger partial charge in [0, 0.05) is 38.2 Å². The van der Waals surface area contributed by atoms with Crippen molar-refractivity contribution >= 4 is 17.6 Å². The summed E-state index contributed by atoms with van der Waals surface area (Å²) < 4.78 is 7.23. The largest absolute Gasteiger partial charge is 0.459 e. The zero-order chi connectivity index (χ0) is 20.6. The quantitative estimate of drug-likeness (QED) is 0.476. The lowest BCUT2D eigenvalue weighted by molar-refractivity contribution is 0.0996. The van der Waals surface area contributed by atoms with Crippen LogP contribution >= 0.6 is 0 Å². The Morgan fingerprint density at radius 2 is 2.07 bits per heavy atom. The van der Waals surface area contributed by atoms with E-state index in [-0.39, 0.29) is 11.7 Å². The van der Waals surface area contributed by atoms with E-state index in [1.807, 2.05) is 50.6 Å². The summed E-state index contributed by atoms with van der Waals surface area (Å²) in [5.41, 5.74) is 2.92. The molecule has 0 atom stereocenters. The van der Waals surface area contributed by atoms with E-state index in [1.165, 1.54) is 12.0 Å². The maximum absolute atomic E-state index is 12.2. The predicted molar refractivity (Wildman–Crippen MR) is 115 cm³/mol. The highest BCUT2D eigenvalue weighted by atomic mass is 16.3. The van der Waals surface area contributed by atoms with E-state index >= 15 is 0 Å². The molecule has 7 nitrogen and oxygen atoms in total. The Hall–Kier alpha value is -3.48. The number of amides is 1. The molecule has 3 rings (SSSR count). The van der Waals surface area contributed by atoms with Gasteiger partial charge in [-0.25, -0.2) is 4.99 Å². The number of nitrogens with one attached hydrogen (secondary N) is 2. The van der Waals surface area contributed by atoms with Gasteiger partial charge in [-0.1, -0.05) is 12.1 Å². The van der Waals surface area contributed by atoms with Gasteiger partial charge in [0.1, 0.15) is 0 Å². The molecule has 2 N–H and O–H groups in total. The molecule has 2 heterocycles. The molecule has 1 aromatic carbocycles. The number of rotatable bonds is 7. The van der Waals surface area contributed by atoms with Crippen molar-refractivity contribution in [2.75, 3.05) is 18.9 Å². The molecule has 1 amide bonds. The Kier molecular flexibility index (Phi) is 6.73. The van der Waals surface area contributed by atoms with Gasteiger partial charge in [0.2, 0.25) is 0 Å². The van der Waals surface area contributed by atoms with E-state index in [0.717, 1.165) is 24.6 Å². The number of anilines is 1. The Bertz CT molecular complexity index is 959. The number of carbonyl (C=O) groups is 1. The van der Waals surface area contributed by atoms with E-state index in [2.05, 4.69) is 33.1 Å². The van der Waals surface area contributed by atoms with Crippen LogP contribution in [0.2, 0.25) is 0 Å². The predicted octanol–water partition coefficient (Wildman–Crippen LogP) is 3.47. The Labute approximate surface area is 171 Å². The minimum atomic E-state index is -0.272. The van der Waals surface area contributed by atoms with Crippen LogP contribution in [0.25, 0.3) is 0 Å². The van der Waals surface area contributed by atoms with Crippen LogP contribution in [0.1, 0.15) is 28.7 Å². The van der Waals surface area contributed by atoms with E-state index in [1.54, 1.807) is 12.1 Å². The van der Waals surface area contributed by atoms with E-state index in [0.29, 0.717) is 12.2 Å². The second-order valence-corrected chi connectivity index (χ2v) is 6.77. The van der Waals surface area contributed by atoms with Crippen molar-refractivity contribution in [1.82, 2.24) is 14.8 Å². The first-order chi connectivity index (χ1) is 14.1. The third kappa shape index (κ3) is 5.51. The molecular weight excluding hydrogens is 366 g/mol. The highest BCUT2D eigenvalue weighted by molar-refractivity contribution is 6.02. The monoisotopic (exact) mass is 393 g/mol. The van der Waals surface area contributed by atoms with Gasteiger partial charge in [0.05, 0.1) is 19.4 Å². The van der Waals surface area contributed by atoms with Crippen molar-refractivity contribution in [1.29, 1.82) is 0 Å². The summed E-state index contributed by atoms with van der Waals surface area (Å²) in [6.07, 6.45) is 3.52. The summed E-state index contributed by atoms with van der Waals surface area (Å²) in [6.45, 7) is 4.10. The number of hydrogen-bond acceptors (Lipinski definition) is 3. The fourth-order valence-corrected chi connectivity index (χ4v) is 2.96. The molecule has 0 fully saturated rings. The first-order valence-electron chi connectivity index (χ1n) is 9.60. The molecule has 0 radical (unpaired) electrons. The number of aromatic nitrogens is 1. The standard InChI is InChI=1S/C22H27N5O2/c1-4-23-22(27(3)16-19-10-6-12-26(19)2)24-15-17-8-5-9-18(14-17)25-21(28)20-11-7-13-29-20/h5-14H,4,15-16H2,1-3H3,(H,23,24)(H,25,28). The summed E-state index contributed by atoms with van der Waals surface area (Å²) in [4.78, 5) is 19.0. The average molecular weight is 393 g/mol. The first kappa shape index (κ1) is 20.3. The smallest absolute Gasteiger partial charge is 0.291 e. The molecule has 0 saturated heterocycles. The molecule has 0 unspecified atom stereocenters. The second-order valence-electron chi connectivity index (χ2n) is 6.77. The number of guanidine groups is 1. The summed E-state index contributed by atoms with van der Waals surface area (Å²) >= 11 is 0. The van der Waals surface area contributed by atoms with Crippen LogP contribution in [0, 0.1) is 0 Å². The lowest BCUT2D eigenvalue weighted by Gasteiger charge is -2.22. The Morgan fingerprint density at radius 3 is 2.76 bits per heavy atom. The van der Waals surface area contributed by atoms with Gasteiger partial charge < -0.3 is 24.5 Å². The molecule has 29 heavy (non-hydrogen) atoms. The van der Waals surface area contributed by atoms with Gasteiger partial charge in [0.25, 0.3) is 5.91 Å². The zero-order valence-corrected chi connectivity index (χ0v) is 17.1. The van der Waals surface area contributed by atoms with Crippen LogP contribution in [0.3, 0.4) is 0 Å². The number of furan rings is 1. The summed E-state index contributed by atoms with van der Waals surface area (Å²) in [5.74, 6) is 0.843. The van der Waals surface area contributed by atoms with E-state index < -0.39 is 0 Å². The number of nitrogens with zero attached hydrogens (tertiary/aromatic N) is 3. The van der Waals surface area contributed by atoms with Crippen molar-refractivity contribution in [3.05, 3.63) is 78.0 Å². The normalized spacial score (nSPS) is 11.3. The van der Waals surface area contributed by atoms with Crippen LogP contribution in [0.15, 0.2) is 70.4 Å². The van der Waals surface area contributed by atoms with Crippen LogP contribution in [-0.2, 0) is 20.1 Å². The molecule has 0 saturated carbocycles. The molecule has 0 aliphatic carbocycles. The third-order valence-electron chi connectivity index (χ3n) is 4.49. The third-order valence-corrected chi connectivity index (χ3v) is 4.49. The molecular formula is C22H27N5O2. The van der Waals surface area contributed by atoms with Gasteiger partial charge in [0.15, 0.2) is 11.7 Å². The lowest BCUT2D eigenvalue weighted by atomic mass is 10.2. The van der Waals surface area contributed by atoms with Crippen molar-refractivity contribution < 1.29 is 9.21 Å². The molecule has 2 aromatic heterocycles. The highest BCUT2D eigenvalue weighted by Crippen LogP contribution is 2.14. The van der Waals surface area contributed by atoms with Crippen molar-refractivity contribution in [3.63, 3.8) is 0 Å². The van der Waals surface area contributed by atoms with Crippen molar-refractivity contribution in [2.45, 2.75) is 20.0 Å². The fourth-order valence-electron chi connectivity index (χ4n) is 2.96. The highest BCUT2D eigenvalue weighted by Gasteiger charge is 2.10. The molecule has 3 aromatic rings. The number of hydrogen-bond donors (Lipinski definition) is 2. The zero-order valence-electron chi connectivity index (χ0n) is 17.1. The van der Waals surface area contributed by atoms with Gasteiger partial charge in [-0.2, -0.15) is 0 Å². The maximum atomic E-state index is 12.2. The fraction of sp³-hybridized carbons (Fsp3) is 0.273. The van der Waals surface area contributed by atoms with Crippen LogP contribution in [0.4, 0.5) is 5.69 Å². The number of carbonyl (C=O) groups excluding carboxylic acids is 1. The summed E-state index contributed by atoms with van der Waals surface area (Å²) in [6, 6.07) is 15.1. The van der Waals surface area contributed by atoms with E-state index in [9.17, 15) is 4.79 Å². The average Bonchev–Trinajstić information content (AvgIpc) is 3.38. The van der Waals surface area contributed by atoms with E-state index in [4.69, 9.17) is 9.41 Å². The first-order valence-corrected chi connectivity index (χ1v) is 9.60. The minimum Gasteiger partial charge on any atom is -0.459 e. The summed E-state index contributed by atoms with van der Waals surface area (Å²) in [7, 11) is 4.06. The molecule has 0 spiro atoms. The SMILES string of the molecule is CCNC(=NCc1cccc(NC(=O)c2ccco2)c1)N(C)Cc1cccn1C. The second kappa shape index (κ2) is 9.64. The number of aliphatic imine (C=N–C) groups is 1. The number of benzene rings is 1. The van der Waals surface area contributed by atoms with Gasteiger partial charge in [-0.05, 0) is 48.9 Å². The van der Waals surface area contributed by atoms with Crippen LogP contribution in [0.5, 0.6) is 0 Å². The molecule has 7 heteroatoms. The van der Waals surface area contributed by atoms with Crippen molar-refractivity contribution in [3.8, 4) is 0 Å². The van der Waals surface area contributed by atoms with Gasteiger partial charge >= 0.3 is 0 Å². The topological polar surface area (TPSA) is 74.8 Å². The summed E-state index contributed by atoms with van der Waals surface area (Å²) in [5, 5.41) is 6.18. The van der Waals surface area contributed by atoms with Gasteiger partial charge in [-0.15, -0.1) is 0 Å². The van der Waals surface area contributed by atoms with Crippen LogP contribution < -0.4 is 10.6 Å². The molecule has 0 bridgehead atoms.